The zero-order valence-corrected chi connectivity index (χ0v) is 12.8. The van der Waals surface area contributed by atoms with E-state index in [1.807, 2.05) is 31.2 Å². The van der Waals surface area contributed by atoms with Gasteiger partial charge in [0.2, 0.25) is 0 Å². The molecule has 0 saturated heterocycles. The first kappa shape index (κ1) is 16.0. The quantitative estimate of drug-likeness (QED) is 0.822. The Bertz CT molecular complexity index is 379. The van der Waals surface area contributed by atoms with Gasteiger partial charge < -0.3 is 14.7 Å². The molecule has 108 valence electrons. The van der Waals surface area contributed by atoms with Gasteiger partial charge >= 0.3 is 0 Å². The summed E-state index contributed by atoms with van der Waals surface area (Å²) in [6, 6.07) is 8.15. The van der Waals surface area contributed by atoms with E-state index in [1.165, 1.54) is 0 Å². The molecule has 3 heteroatoms. The van der Waals surface area contributed by atoms with Gasteiger partial charge in [-0.25, -0.2) is 0 Å². The van der Waals surface area contributed by atoms with Gasteiger partial charge in [-0.1, -0.05) is 32.0 Å². The van der Waals surface area contributed by atoms with E-state index in [2.05, 4.69) is 32.7 Å². The van der Waals surface area contributed by atoms with Gasteiger partial charge in [0.1, 0.15) is 5.75 Å². The number of nitrogens with zero attached hydrogens (tertiary/aromatic N) is 1. The summed E-state index contributed by atoms with van der Waals surface area (Å²) in [5.74, 6) is 1.35. The molecule has 0 aliphatic carbocycles. The zero-order chi connectivity index (χ0) is 14.4. The van der Waals surface area contributed by atoms with Gasteiger partial charge in [0.15, 0.2) is 0 Å². The molecule has 0 radical (unpaired) electrons. The first-order chi connectivity index (χ1) is 8.97. The van der Waals surface area contributed by atoms with Crippen LogP contribution in [0.4, 0.5) is 0 Å². The van der Waals surface area contributed by atoms with Gasteiger partial charge in [-0.3, -0.25) is 0 Å². The Morgan fingerprint density at radius 3 is 2.42 bits per heavy atom. The highest BCUT2D eigenvalue weighted by Gasteiger charge is 2.19. The van der Waals surface area contributed by atoms with Crippen LogP contribution in [0.1, 0.15) is 39.4 Å². The number of hydrogen-bond donors (Lipinski definition) is 1. The largest absolute Gasteiger partial charge is 0.493 e. The van der Waals surface area contributed by atoms with Gasteiger partial charge in [-0.05, 0) is 32.9 Å². The number of ether oxygens (including phenoxy) is 1. The van der Waals surface area contributed by atoms with E-state index in [1.54, 1.807) is 0 Å². The zero-order valence-electron chi connectivity index (χ0n) is 12.8. The van der Waals surface area contributed by atoms with Crippen molar-refractivity contribution in [3.05, 3.63) is 29.8 Å². The number of likely N-dealkylation sites (N-methyl/N-ethyl adjacent to an activating group) is 1. The smallest absolute Gasteiger partial charge is 0.125 e. The normalized spacial score (nSPS) is 14.7. The first-order valence-electron chi connectivity index (χ1n) is 7.07. The van der Waals surface area contributed by atoms with E-state index >= 15 is 0 Å². The Morgan fingerprint density at radius 2 is 1.84 bits per heavy atom. The molecule has 2 atom stereocenters. The highest BCUT2D eigenvalue weighted by Crippen LogP contribution is 2.26. The fraction of sp³-hybridized carbons (Fsp3) is 0.625. The molecule has 0 aromatic heterocycles. The van der Waals surface area contributed by atoms with Gasteiger partial charge in [-0.15, -0.1) is 0 Å². The maximum absolute atomic E-state index is 10.4. The second-order valence-corrected chi connectivity index (χ2v) is 5.41. The Balaban J connectivity index is 2.75. The molecule has 0 amide bonds. The molecule has 1 N–H and O–H groups in total. The second kappa shape index (κ2) is 7.51. The Hall–Kier alpha value is -1.06. The lowest BCUT2D eigenvalue weighted by Crippen LogP contribution is -2.36. The number of rotatable bonds is 7. The summed E-state index contributed by atoms with van der Waals surface area (Å²) >= 11 is 0. The molecular weight excluding hydrogens is 238 g/mol. The number of benzene rings is 1. The van der Waals surface area contributed by atoms with Crippen LogP contribution >= 0.6 is 0 Å². The van der Waals surface area contributed by atoms with E-state index < -0.39 is 6.10 Å². The van der Waals surface area contributed by atoms with Gasteiger partial charge in [0.25, 0.3) is 0 Å². The monoisotopic (exact) mass is 265 g/mol. The summed E-state index contributed by atoms with van der Waals surface area (Å²) in [6.45, 7) is 9.76. The van der Waals surface area contributed by atoms with Crippen LogP contribution in [0.2, 0.25) is 0 Å². The fourth-order valence-corrected chi connectivity index (χ4v) is 2.09. The number of para-hydroxylation sites is 1. The first-order valence-corrected chi connectivity index (χ1v) is 7.07. The molecule has 0 saturated carbocycles. The number of hydrogen-bond acceptors (Lipinski definition) is 3. The van der Waals surface area contributed by atoms with Crippen LogP contribution in [0.25, 0.3) is 0 Å². The van der Waals surface area contributed by atoms with E-state index in [0.717, 1.165) is 11.3 Å². The minimum atomic E-state index is -0.519. The van der Waals surface area contributed by atoms with Crippen molar-refractivity contribution in [1.29, 1.82) is 0 Å². The van der Waals surface area contributed by atoms with Gasteiger partial charge in [0, 0.05) is 18.2 Å². The van der Waals surface area contributed by atoms with Crippen molar-refractivity contribution in [2.75, 3.05) is 20.2 Å². The number of aliphatic hydroxyl groups is 1. The van der Waals surface area contributed by atoms with Crippen molar-refractivity contribution in [1.82, 2.24) is 4.90 Å². The minimum Gasteiger partial charge on any atom is -0.493 e. The molecular formula is C16H27NO2. The maximum Gasteiger partial charge on any atom is 0.125 e. The molecule has 1 aromatic carbocycles. The van der Waals surface area contributed by atoms with Crippen LogP contribution in [0.5, 0.6) is 5.75 Å². The van der Waals surface area contributed by atoms with Crippen LogP contribution in [0, 0.1) is 5.92 Å². The predicted octanol–water partition coefficient (Wildman–Crippen LogP) is 3.10. The lowest BCUT2D eigenvalue weighted by Gasteiger charge is -2.30. The van der Waals surface area contributed by atoms with Crippen molar-refractivity contribution < 1.29 is 9.84 Å². The summed E-state index contributed by atoms with van der Waals surface area (Å²) in [6.07, 6.45) is -0.519. The summed E-state index contributed by atoms with van der Waals surface area (Å²) in [5.41, 5.74) is 0.868. The van der Waals surface area contributed by atoms with E-state index in [-0.39, 0.29) is 0 Å². The molecule has 0 bridgehead atoms. The van der Waals surface area contributed by atoms with Gasteiger partial charge in [-0.2, -0.15) is 0 Å². The van der Waals surface area contributed by atoms with E-state index in [4.69, 9.17) is 4.74 Å². The third-order valence-corrected chi connectivity index (χ3v) is 3.70. The molecule has 0 heterocycles. The topological polar surface area (TPSA) is 32.7 Å². The van der Waals surface area contributed by atoms with Crippen molar-refractivity contribution in [2.45, 2.75) is 39.8 Å². The molecule has 2 unspecified atom stereocenters. The molecule has 0 fully saturated rings. The summed E-state index contributed by atoms with van der Waals surface area (Å²) in [4.78, 5) is 2.19. The van der Waals surface area contributed by atoms with E-state index in [0.29, 0.717) is 25.1 Å². The maximum atomic E-state index is 10.4. The van der Waals surface area contributed by atoms with Crippen LogP contribution in [0.3, 0.4) is 0 Å². The minimum absolute atomic E-state index is 0.439. The SMILES string of the molecule is CCOc1ccccc1C(O)CN(C)C(C)C(C)C. The van der Waals surface area contributed by atoms with E-state index in [9.17, 15) is 5.11 Å². The summed E-state index contributed by atoms with van der Waals surface area (Å²) < 4.78 is 5.57. The molecule has 1 aromatic rings. The standard InChI is InChI=1S/C16H27NO2/c1-6-19-16-10-8-7-9-14(16)15(18)11-17(5)13(4)12(2)3/h7-10,12-13,15,18H,6,11H2,1-5H3. The molecule has 0 aliphatic heterocycles. The molecule has 0 aliphatic rings. The van der Waals surface area contributed by atoms with Crippen molar-refractivity contribution >= 4 is 0 Å². The third-order valence-electron chi connectivity index (χ3n) is 3.70. The van der Waals surface area contributed by atoms with Crippen LogP contribution < -0.4 is 4.74 Å². The third kappa shape index (κ3) is 4.51. The van der Waals surface area contributed by atoms with Crippen molar-refractivity contribution in [3.63, 3.8) is 0 Å². The molecule has 1 rings (SSSR count). The molecule has 0 spiro atoms. The lowest BCUT2D eigenvalue weighted by molar-refractivity contribution is 0.0932. The van der Waals surface area contributed by atoms with Crippen LogP contribution in [-0.2, 0) is 0 Å². The fourth-order valence-electron chi connectivity index (χ4n) is 2.09. The average molecular weight is 265 g/mol. The summed E-state index contributed by atoms with van der Waals surface area (Å²) in [5, 5.41) is 10.4. The Kier molecular flexibility index (Phi) is 6.32. The summed E-state index contributed by atoms with van der Waals surface area (Å²) in [7, 11) is 2.05. The molecule has 19 heavy (non-hydrogen) atoms. The van der Waals surface area contributed by atoms with Gasteiger partial charge in [0.05, 0.1) is 12.7 Å². The second-order valence-electron chi connectivity index (χ2n) is 5.41. The lowest BCUT2D eigenvalue weighted by atomic mass is 10.0. The van der Waals surface area contributed by atoms with Crippen LogP contribution in [0.15, 0.2) is 24.3 Å². The highest BCUT2D eigenvalue weighted by atomic mass is 16.5. The average Bonchev–Trinajstić information content (AvgIpc) is 2.38. The van der Waals surface area contributed by atoms with Crippen molar-refractivity contribution in [2.24, 2.45) is 5.92 Å². The highest BCUT2D eigenvalue weighted by molar-refractivity contribution is 5.35. The number of aliphatic hydroxyl groups excluding tert-OH is 1. The van der Waals surface area contributed by atoms with Crippen LogP contribution in [-0.4, -0.2) is 36.2 Å². The Labute approximate surface area is 117 Å². The predicted molar refractivity (Wildman–Crippen MR) is 79.5 cm³/mol. The van der Waals surface area contributed by atoms with Crippen molar-refractivity contribution in [3.8, 4) is 5.75 Å². The molecule has 3 nitrogen and oxygen atoms in total. The Morgan fingerprint density at radius 1 is 1.21 bits per heavy atom.